The molecule has 0 radical (unpaired) electrons. The second-order valence-electron chi connectivity index (χ2n) is 5.53. The average molecular weight is 308 g/mol. The monoisotopic (exact) mass is 308 g/mol. The van der Waals surface area contributed by atoms with Crippen molar-refractivity contribution in [1.29, 1.82) is 0 Å². The third-order valence-electron chi connectivity index (χ3n) is 4.13. The molecule has 2 aromatic rings. The zero-order valence-electron chi connectivity index (χ0n) is 12.5. The minimum Gasteiger partial charge on any atom is -0.380 e. The highest BCUT2D eigenvalue weighted by atomic mass is 32.1. The predicted molar refractivity (Wildman–Crippen MR) is 85.2 cm³/mol. The third kappa shape index (κ3) is 2.97. The first-order valence-electron chi connectivity index (χ1n) is 7.31. The summed E-state index contributed by atoms with van der Waals surface area (Å²) < 4.78 is 20.7. The summed E-state index contributed by atoms with van der Waals surface area (Å²) in [7, 11) is 3.70. The molecule has 0 aliphatic carbocycles. The number of thiophene rings is 1. The molecule has 1 fully saturated rings. The minimum atomic E-state index is -0.108. The molecule has 5 heteroatoms. The number of ether oxygens (including phenoxy) is 1. The quantitative estimate of drug-likeness (QED) is 0.919. The van der Waals surface area contributed by atoms with Crippen molar-refractivity contribution >= 4 is 21.4 Å². The zero-order valence-corrected chi connectivity index (χ0v) is 13.3. The number of rotatable bonds is 5. The molecular weight excluding hydrogens is 287 g/mol. The van der Waals surface area contributed by atoms with Crippen LogP contribution in [0.5, 0.6) is 0 Å². The Bertz CT molecular complexity index is 628. The van der Waals surface area contributed by atoms with Gasteiger partial charge >= 0.3 is 0 Å². The Hall–Kier alpha value is -1.01. The first-order valence-corrected chi connectivity index (χ1v) is 8.13. The number of methoxy groups -OCH3 is 1. The van der Waals surface area contributed by atoms with Gasteiger partial charge in [-0.2, -0.15) is 0 Å². The molecule has 0 amide bonds. The average Bonchev–Trinajstić information content (AvgIpc) is 3.06. The molecule has 0 bridgehead atoms. The molecule has 1 aromatic heterocycles. The topological polar surface area (TPSA) is 24.5 Å². The molecule has 0 saturated carbocycles. The normalized spacial score (nSPS) is 19.7. The Morgan fingerprint density at radius 3 is 3.05 bits per heavy atom. The van der Waals surface area contributed by atoms with E-state index in [9.17, 15) is 4.39 Å². The fraction of sp³-hybridized carbons (Fsp3) is 0.500. The molecular formula is C16H21FN2OS. The van der Waals surface area contributed by atoms with Crippen molar-refractivity contribution in [3.05, 3.63) is 34.5 Å². The predicted octanol–water partition coefficient (Wildman–Crippen LogP) is 2.98. The molecule has 0 spiro atoms. The van der Waals surface area contributed by atoms with Gasteiger partial charge in [0.25, 0.3) is 0 Å². The van der Waals surface area contributed by atoms with Gasteiger partial charge in [-0.15, -0.1) is 11.3 Å². The fourth-order valence-corrected chi connectivity index (χ4v) is 4.28. The first-order chi connectivity index (χ1) is 10.2. The number of fused-ring (bicyclic) bond motifs is 1. The van der Waals surface area contributed by atoms with Crippen LogP contribution in [-0.2, 0) is 17.8 Å². The van der Waals surface area contributed by atoms with Crippen LogP contribution in [0.25, 0.3) is 10.1 Å². The standard InChI is InChI=1S/C16H21FN2OS/c1-18-8-15-12(10-19-7-6-11(9-19)20-2)16-13(17)4-3-5-14(16)21-15/h3-5,11,18H,6-10H2,1-2H3. The summed E-state index contributed by atoms with van der Waals surface area (Å²) in [6, 6.07) is 5.36. The summed E-state index contributed by atoms with van der Waals surface area (Å²) in [6.07, 6.45) is 1.37. The molecule has 3 nitrogen and oxygen atoms in total. The second-order valence-corrected chi connectivity index (χ2v) is 6.67. The molecule has 1 aliphatic heterocycles. The maximum absolute atomic E-state index is 14.3. The van der Waals surface area contributed by atoms with Gasteiger partial charge < -0.3 is 10.1 Å². The van der Waals surface area contributed by atoms with Crippen molar-refractivity contribution in [3.63, 3.8) is 0 Å². The van der Waals surface area contributed by atoms with Gasteiger partial charge in [0.1, 0.15) is 5.82 Å². The van der Waals surface area contributed by atoms with Crippen molar-refractivity contribution in [2.75, 3.05) is 27.2 Å². The van der Waals surface area contributed by atoms with E-state index in [1.54, 1.807) is 30.6 Å². The molecule has 1 aromatic carbocycles. The van der Waals surface area contributed by atoms with Crippen molar-refractivity contribution in [1.82, 2.24) is 10.2 Å². The lowest BCUT2D eigenvalue weighted by molar-refractivity contribution is 0.107. The van der Waals surface area contributed by atoms with Gasteiger partial charge in [-0.3, -0.25) is 4.90 Å². The van der Waals surface area contributed by atoms with Gasteiger partial charge in [-0.05, 0) is 31.2 Å². The summed E-state index contributed by atoms with van der Waals surface area (Å²) >= 11 is 1.69. The van der Waals surface area contributed by atoms with E-state index in [4.69, 9.17) is 4.74 Å². The highest BCUT2D eigenvalue weighted by Crippen LogP contribution is 2.34. The SMILES string of the molecule is CNCc1sc2cccc(F)c2c1CN1CCC(OC)C1. The first kappa shape index (κ1) is 14.9. The highest BCUT2D eigenvalue weighted by molar-refractivity contribution is 7.19. The largest absolute Gasteiger partial charge is 0.380 e. The molecule has 1 saturated heterocycles. The molecule has 114 valence electrons. The minimum absolute atomic E-state index is 0.108. The molecule has 2 heterocycles. The van der Waals surface area contributed by atoms with Crippen molar-refractivity contribution < 1.29 is 9.13 Å². The van der Waals surface area contributed by atoms with Crippen LogP contribution in [-0.4, -0.2) is 38.3 Å². The van der Waals surface area contributed by atoms with Crippen LogP contribution in [0.1, 0.15) is 16.9 Å². The molecule has 1 N–H and O–H groups in total. The van der Waals surface area contributed by atoms with Crippen LogP contribution in [0, 0.1) is 5.82 Å². The summed E-state index contributed by atoms with van der Waals surface area (Å²) in [5.41, 5.74) is 1.14. The summed E-state index contributed by atoms with van der Waals surface area (Å²) in [5.74, 6) is -0.108. The number of nitrogens with zero attached hydrogens (tertiary/aromatic N) is 1. The Kier molecular flexibility index (Phi) is 4.54. The van der Waals surface area contributed by atoms with Crippen LogP contribution in [0.3, 0.4) is 0 Å². The lowest BCUT2D eigenvalue weighted by atomic mass is 10.1. The maximum Gasteiger partial charge on any atom is 0.132 e. The van der Waals surface area contributed by atoms with Crippen LogP contribution in [0.2, 0.25) is 0 Å². The van der Waals surface area contributed by atoms with Crippen molar-refractivity contribution in [2.45, 2.75) is 25.6 Å². The molecule has 21 heavy (non-hydrogen) atoms. The molecule has 1 unspecified atom stereocenters. The van der Waals surface area contributed by atoms with E-state index in [-0.39, 0.29) is 5.82 Å². The highest BCUT2D eigenvalue weighted by Gasteiger charge is 2.24. The smallest absolute Gasteiger partial charge is 0.132 e. The Morgan fingerprint density at radius 2 is 2.33 bits per heavy atom. The second kappa shape index (κ2) is 6.40. The van der Waals surface area contributed by atoms with Crippen LogP contribution in [0.15, 0.2) is 18.2 Å². The van der Waals surface area contributed by atoms with Crippen LogP contribution in [0.4, 0.5) is 4.39 Å². The number of nitrogens with one attached hydrogen (secondary N) is 1. The summed E-state index contributed by atoms with van der Waals surface area (Å²) in [6.45, 7) is 3.54. The van der Waals surface area contributed by atoms with Crippen LogP contribution < -0.4 is 5.32 Å². The number of halogens is 1. The maximum atomic E-state index is 14.3. The van der Waals surface area contributed by atoms with Gasteiger partial charge in [0, 0.05) is 48.3 Å². The van der Waals surface area contributed by atoms with Gasteiger partial charge in [-0.25, -0.2) is 4.39 Å². The summed E-state index contributed by atoms with van der Waals surface area (Å²) in [4.78, 5) is 3.60. The Labute approximate surface area is 128 Å². The molecule has 1 atom stereocenters. The van der Waals surface area contributed by atoms with E-state index in [1.807, 2.05) is 13.1 Å². The van der Waals surface area contributed by atoms with Gasteiger partial charge in [0.2, 0.25) is 0 Å². The molecule has 1 aliphatic rings. The third-order valence-corrected chi connectivity index (χ3v) is 5.33. The van der Waals surface area contributed by atoms with Crippen molar-refractivity contribution in [3.8, 4) is 0 Å². The van der Waals surface area contributed by atoms with Gasteiger partial charge in [0.15, 0.2) is 0 Å². The van der Waals surface area contributed by atoms with E-state index in [0.29, 0.717) is 6.10 Å². The van der Waals surface area contributed by atoms with Crippen LogP contribution >= 0.6 is 11.3 Å². The number of hydrogen-bond donors (Lipinski definition) is 1. The number of likely N-dealkylation sites (tertiary alicyclic amines) is 1. The number of hydrogen-bond acceptors (Lipinski definition) is 4. The summed E-state index contributed by atoms with van der Waals surface area (Å²) in [5, 5.41) is 3.99. The van der Waals surface area contributed by atoms with E-state index < -0.39 is 0 Å². The Balaban J connectivity index is 1.93. The van der Waals surface area contributed by atoms with Crippen molar-refractivity contribution in [2.24, 2.45) is 0 Å². The molecule has 3 rings (SSSR count). The van der Waals surface area contributed by atoms with E-state index in [2.05, 4.69) is 10.2 Å². The number of benzene rings is 1. The van der Waals surface area contributed by atoms with Gasteiger partial charge in [0.05, 0.1) is 6.10 Å². The van der Waals surface area contributed by atoms with E-state index in [1.165, 1.54) is 4.88 Å². The van der Waals surface area contributed by atoms with Gasteiger partial charge in [-0.1, -0.05) is 6.07 Å². The lowest BCUT2D eigenvalue weighted by Crippen LogP contribution is -2.23. The van der Waals surface area contributed by atoms with E-state index in [0.717, 1.165) is 48.2 Å². The fourth-order valence-electron chi connectivity index (χ4n) is 3.04. The van der Waals surface area contributed by atoms with E-state index >= 15 is 0 Å². The Morgan fingerprint density at radius 1 is 1.48 bits per heavy atom. The zero-order chi connectivity index (χ0) is 14.8. The lowest BCUT2D eigenvalue weighted by Gasteiger charge is -2.16.